The van der Waals surface area contributed by atoms with Gasteiger partial charge in [0.25, 0.3) is 0 Å². The first-order valence-electron chi connectivity index (χ1n) is 10.5. The number of benzene rings is 2. The Bertz CT molecular complexity index is 1110. The third-order valence-electron chi connectivity index (χ3n) is 5.39. The van der Waals surface area contributed by atoms with Crippen molar-refractivity contribution < 1.29 is 14.0 Å². The Kier molecular flexibility index (Phi) is 6.74. The van der Waals surface area contributed by atoms with E-state index in [2.05, 4.69) is 10.4 Å². The molecule has 0 spiro atoms. The molecule has 9 heteroatoms. The van der Waals surface area contributed by atoms with Gasteiger partial charge in [-0.15, -0.1) is 0 Å². The first kappa shape index (κ1) is 22.5. The number of urea groups is 1. The van der Waals surface area contributed by atoms with E-state index in [4.69, 9.17) is 17.3 Å². The third kappa shape index (κ3) is 5.23. The van der Waals surface area contributed by atoms with Gasteiger partial charge >= 0.3 is 6.03 Å². The molecule has 4 rings (SSSR count). The lowest BCUT2D eigenvalue weighted by atomic mass is 10.0. The molecule has 1 aliphatic carbocycles. The molecule has 1 heterocycles. The normalized spacial score (nSPS) is 19.5. The fourth-order valence-electron chi connectivity index (χ4n) is 3.60. The minimum absolute atomic E-state index is 0.384. The van der Waals surface area contributed by atoms with Crippen LogP contribution in [0.15, 0.2) is 83.8 Å². The van der Waals surface area contributed by atoms with Crippen molar-refractivity contribution in [2.75, 3.05) is 18.0 Å². The van der Waals surface area contributed by atoms with Gasteiger partial charge in [0.05, 0.1) is 11.8 Å². The van der Waals surface area contributed by atoms with Gasteiger partial charge in [0.15, 0.2) is 0 Å². The molecule has 3 amide bonds. The molecule has 2 aromatic rings. The van der Waals surface area contributed by atoms with Crippen LogP contribution in [0.5, 0.6) is 0 Å². The zero-order chi connectivity index (χ0) is 23.4. The summed E-state index contributed by atoms with van der Waals surface area (Å²) in [6.45, 7) is 1.69. The van der Waals surface area contributed by atoms with E-state index < -0.39 is 29.8 Å². The molecule has 0 bridgehead atoms. The predicted octanol–water partition coefficient (Wildman–Crippen LogP) is 3.94. The quantitative estimate of drug-likeness (QED) is 0.674. The Labute approximate surface area is 196 Å². The van der Waals surface area contributed by atoms with Crippen LogP contribution < -0.4 is 16.0 Å². The van der Waals surface area contributed by atoms with Crippen molar-refractivity contribution in [3.05, 3.63) is 89.2 Å². The fourth-order valence-corrected chi connectivity index (χ4v) is 3.72. The number of rotatable bonds is 6. The van der Waals surface area contributed by atoms with Crippen LogP contribution in [0.1, 0.15) is 18.0 Å². The van der Waals surface area contributed by atoms with Crippen LogP contribution in [0, 0.1) is 0 Å². The number of carbonyl (C=O) groups is 2. The molecule has 1 saturated heterocycles. The molecule has 3 N–H and O–H groups in total. The molecule has 0 radical (unpaired) electrons. The number of nitrogens with one attached hydrogen (secondary N) is 1. The van der Waals surface area contributed by atoms with Gasteiger partial charge in [-0.3, -0.25) is 14.7 Å². The van der Waals surface area contributed by atoms with Crippen LogP contribution >= 0.6 is 11.6 Å². The molecule has 33 heavy (non-hydrogen) atoms. The largest absolute Gasteiger partial charge is 0.351 e. The van der Waals surface area contributed by atoms with Crippen LogP contribution in [0.2, 0.25) is 5.02 Å². The van der Waals surface area contributed by atoms with Gasteiger partial charge in [0.2, 0.25) is 5.91 Å². The van der Waals surface area contributed by atoms with Crippen LogP contribution in [-0.2, 0) is 4.79 Å². The molecule has 1 fully saturated rings. The second-order valence-electron chi connectivity index (χ2n) is 7.70. The Morgan fingerprint density at radius 1 is 1.15 bits per heavy atom. The lowest BCUT2D eigenvalue weighted by molar-refractivity contribution is -0.122. The fraction of sp³-hybridized carbons (Fsp3) is 0.208. The zero-order valence-electron chi connectivity index (χ0n) is 17.7. The van der Waals surface area contributed by atoms with Crippen molar-refractivity contribution in [1.29, 1.82) is 0 Å². The average molecular weight is 468 g/mol. The summed E-state index contributed by atoms with van der Waals surface area (Å²) in [5.74, 6) is -1.13. The van der Waals surface area contributed by atoms with Gasteiger partial charge in [-0.05, 0) is 48.4 Å². The van der Waals surface area contributed by atoms with Crippen LogP contribution in [0.3, 0.4) is 0 Å². The van der Waals surface area contributed by atoms with Crippen LogP contribution in [-0.4, -0.2) is 41.8 Å². The number of nitrogens with zero attached hydrogens (tertiary/aromatic N) is 3. The summed E-state index contributed by atoms with van der Waals surface area (Å²) in [5, 5.41) is 9.34. The summed E-state index contributed by atoms with van der Waals surface area (Å²) in [5.41, 5.74) is 7.07. The molecular formula is C24H23ClFN5O2. The van der Waals surface area contributed by atoms with Gasteiger partial charge in [-0.25, -0.2) is 9.18 Å². The van der Waals surface area contributed by atoms with E-state index in [0.29, 0.717) is 22.0 Å². The van der Waals surface area contributed by atoms with E-state index in [1.807, 2.05) is 5.01 Å². The highest BCUT2D eigenvalue weighted by Gasteiger charge is 2.33. The Morgan fingerprint density at radius 3 is 2.42 bits per heavy atom. The summed E-state index contributed by atoms with van der Waals surface area (Å²) in [7, 11) is 0. The second-order valence-corrected chi connectivity index (χ2v) is 8.14. The molecule has 2 unspecified atom stereocenters. The first-order valence-corrected chi connectivity index (χ1v) is 10.9. The predicted molar refractivity (Wildman–Crippen MR) is 127 cm³/mol. The minimum Gasteiger partial charge on any atom is -0.351 e. The number of nitrogens with two attached hydrogens (primary N) is 1. The van der Waals surface area contributed by atoms with Gasteiger partial charge in [0.1, 0.15) is 11.9 Å². The number of carbonyl (C=O) groups excluding carboxylic acids is 2. The van der Waals surface area contributed by atoms with Gasteiger partial charge in [-0.2, -0.15) is 5.10 Å². The van der Waals surface area contributed by atoms with E-state index in [1.165, 1.54) is 12.2 Å². The van der Waals surface area contributed by atoms with Crippen molar-refractivity contribution in [2.24, 2.45) is 10.8 Å². The van der Waals surface area contributed by atoms with E-state index in [-0.39, 0.29) is 0 Å². The molecule has 0 aromatic heterocycles. The van der Waals surface area contributed by atoms with Crippen molar-refractivity contribution in [2.45, 2.75) is 18.5 Å². The maximum atomic E-state index is 14.8. The van der Waals surface area contributed by atoms with E-state index in [9.17, 15) is 14.0 Å². The number of hydrazone groups is 1. The highest BCUT2D eigenvalue weighted by molar-refractivity contribution is 6.30. The molecule has 170 valence electrons. The third-order valence-corrected chi connectivity index (χ3v) is 5.65. The summed E-state index contributed by atoms with van der Waals surface area (Å²) < 4.78 is 14.8. The van der Waals surface area contributed by atoms with Gasteiger partial charge in [0, 0.05) is 23.8 Å². The molecular weight excluding hydrogens is 445 g/mol. The molecule has 2 aromatic carbocycles. The summed E-state index contributed by atoms with van der Waals surface area (Å²) in [6, 6.07) is 12.1. The number of anilines is 1. The SMILES string of the molecule is NC(=O)N(c1ccc(Cl)cc1)C(C(=O)NC1C=C/C(=N\N2CCC2)C=C1F)c1ccccc1. The highest BCUT2D eigenvalue weighted by Crippen LogP contribution is 2.29. The number of halogens is 2. The van der Waals surface area contributed by atoms with Crippen molar-refractivity contribution in [1.82, 2.24) is 10.3 Å². The maximum absolute atomic E-state index is 14.8. The number of allylic oxidation sites excluding steroid dienone is 2. The van der Waals surface area contributed by atoms with Crippen molar-refractivity contribution in [3.63, 3.8) is 0 Å². The topological polar surface area (TPSA) is 91.0 Å². The Balaban J connectivity index is 1.61. The van der Waals surface area contributed by atoms with E-state index >= 15 is 0 Å². The standard InChI is InChI=1S/C24H23ClFN5O2/c25-17-7-10-19(11-8-17)31(24(27)33)22(16-5-2-1-3-6-16)23(32)28-21-12-9-18(15-20(21)26)29-30-13-4-14-30/h1-3,5-12,15,21-22H,4,13-14H2,(H2,27,33)(H,28,32)/b29-18+. The molecule has 7 nitrogen and oxygen atoms in total. The maximum Gasteiger partial charge on any atom is 0.320 e. The Morgan fingerprint density at radius 2 is 1.85 bits per heavy atom. The number of hydrogen-bond acceptors (Lipinski definition) is 4. The van der Waals surface area contributed by atoms with E-state index in [1.54, 1.807) is 60.7 Å². The molecule has 2 aliphatic rings. The second kappa shape index (κ2) is 9.87. The smallest absolute Gasteiger partial charge is 0.320 e. The molecule has 2 atom stereocenters. The average Bonchev–Trinajstić information content (AvgIpc) is 2.77. The highest BCUT2D eigenvalue weighted by atomic mass is 35.5. The summed E-state index contributed by atoms with van der Waals surface area (Å²) in [6.07, 6.45) is 5.56. The molecule has 0 saturated carbocycles. The lowest BCUT2D eigenvalue weighted by Gasteiger charge is -2.31. The number of amides is 3. The van der Waals surface area contributed by atoms with Crippen molar-refractivity contribution >= 4 is 34.9 Å². The first-order chi connectivity index (χ1) is 15.9. The summed E-state index contributed by atoms with van der Waals surface area (Å²) >= 11 is 5.97. The summed E-state index contributed by atoms with van der Waals surface area (Å²) in [4.78, 5) is 27.0. The zero-order valence-corrected chi connectivity index (χ0v) is 18.5. The van der Waals surface area contributed by atoms with Gasteiger partial charge < -0.3 is 11.1 Å². The van der Waals surface area contributed by atoms with Crippen LogP contribution in [0.25, 0.3) is 0 Å². The number of primary amides is 1. The van der Waals surface area contributed by atoms with Crippen LogP contribution in [0.4, 0.5) is 14.9 Å². The van der Waals surface area contributed by atoms with E-state index in [0.717, 1.165) is 24.4 Å². The van der Waals surface area contributed by atoms with Gasteiger partial charge in [-0.1, -0.05) is 48.0 Å². The van der Waals surface area contributed by atoms with Crippen molar-refractivity contribution in [3.8, 4) is 0 Å². The number of hydrogen-bond donors (Lipinski definition) is 2. The minimum atomic E-state index is -1.12. The lowest BCUT2D eigenvalue weighted by Crippen LogP contribution is -2.48. The molecule has 1 aliphatic heterocycles. The monoisotopic (exact) mass is 467 g/mol. The Hall–Kier alpha value is -3.65.